The lowest BCUT2D eigenvalue weighted by Gasteiger charge is -2.32. The molecular formula is C25H35NO. The summed E-state index contributed by atoms with van der Waals surface area (Å²) in [6, 6.07) is 19.0. The van der Waals surface area contributed by atoms with Crippen LogP contribution in [0.2, 0.25) is 0 Å². The van der Waals surface area contributed by atoms with Gasteiger partial charge in [0.1, 0.15) is 0 Å². The van der Waals surface area contributed by atoms with E-state index in [1.54, 1.807) is 0 Å². The van der Waals surface area contributed by atoms with Crippen molar-refractivity contribution in [3.63, 3.8) is 0 Å². The summed E-state index contributed by atoms with van der Waals surface area (Å²) in [5.74, 6) is 0.219. The molecular weight excluding hydrogens is 330 g/mol. The van der Waals surface area contributed by atoms with E-state index in [1.165, 1.54) is 18.4 Å². The van der Waals surface area contributed by atoms with Crippen LogP contribution in [-0.4, -0.2) is 11.9 Å². The zero-order valence-electron chi connectivity index (χ0n) is 17.7. The molecule has 0 N–H and O–H groups in total. The molecule has 1 amide bonds. The van der Waals surface area contributed by atoms with Gasteiger partial charge in [-0.2, -0.15) is 0 Å². The number of amides is 1. The molecule has 2 aromatic carbocycles. The maximum absolute atomic E-state index is 13.2. The molecule has 2 aromatic rings. The van der Waals surface area contributed by atoms with Crippen LogP contribution in [0.4, 0.5) is 5.69 Å². The van der Waals surface area contributed by atoms with Gasteiger partial charge in [-0.1, -0.05) is 89.4 Å². The summed E-state index contributed by atoms with van der Waals surface area (Å²) in [5, 5.41) is 0. The van der Waals surface area contributed by atoms with Gasteiger partial charge in [0.25, 0.3) is 0 Å². The molecule has 0 aliphatic rings. The highest BCUT2D eigenvalue weighted by Gasteiger charge is 2.26. The van der Waals surface area contributed by atoms with Gasteiger partial charge >= 0.3 is 0 Å². The van der Waals surface area contributed by atoms with E-state index < -0.39 is 0 Å². The fraction of sp³-hybridized carbons (Fsp3) is 0.480. The average Bonchev–Trinajstić information content (AvgIpc) is 2.61. The second kappa shape index (κ2) is 9.73. The normalized spacial score (nSPS) is 12.6. The van der Waals surface area contributed by atoms with Crippen LogP contribution in [0.5, 0.6) is 0 Å². The molecule has 0 aliphatic heterocycles. The molecule has 0 bridgehead atoms. The minimum atomic E-state index is -0.0183. The Balaban J connectivity index is 2.33. The van der Waals surface area contributed by atoms with Gasteiger partial charge < -0.3 is 4.90 Å². The van der Waals surface area contributed by atoms with Crippen molar-refractivity contribution in [3.8, 4) is 11.1 Å². The lowest BCUT2D eigenvalue weighted by Crippen LogP contribution is -2.40. The van der Waals surface area contributed by atoms with Crippen molar-refractivity contribution in [3.05, 3.63) is 54.6 Å². The Morgan fingerprint density at radius 2 is 1.63 bits per heavy atom. The Labute approximate surface area is 165 Å². The first-order chi connectivity index (χ1) is 12.8. The van der Waals surface area contributed by atoms with Gasteiger partial charge in [-0.25, -0.2) is 0 Å². The number of nitrogens with zero attached hydrogens (tertiary/aromatic N) is 1. The van der Waals surface area contributed by atoms with Gasteiger partial charge in [-0.15, -0.1) is 0 Å². The first kappa shape index (κ1) is 21.2. The van der Waals surface area contributed by atoms with Crippen molar-refractivity contribution in [1.29, 1.82) is 0 Å². The molecule has 0 aromatic heterocycles. The largest absolute Gasteiger partial charge is 0.310 e. The lowest BCUT2D eigenvalue weighted by molar-refractivity contribution is -0.120. The van der Waals surface area contributed by atoms with Gasteiger partial charge in [0.15, 0.2) is 0 Å². The topological polar surface area (TPSA) is 20.3 Å². The molecule has 0 saturated carbocycles. The van der Waals surface area contributed by atoms with Crippen LogP contribution < -0.4 is 4.90 Å². The van der Waals surface area contributed by atoms with Gasteiger partial charge in [0, 0.05) is 18.2 Å². The molecule has 2 rings (SSSR count). The van der Waals surface area contributed by atoms with Crippen molar-refractivity contribution < 1.29 is 4.79 Å². The standard InChI is InChI=1S/C25H35NO/c1-6-7-9-13-20(2)26(24(27)19-25(3,4)5)23-17-12-16-22(18-23)21-14-10-8-11-15-21/h8,10-12,14-18,20H,6-7,9,13,19H2,1-5H3. The molecule has 146 valence electrons. The Hall–Kier alpha value is -2.09. The van der Waals surface area contributed by atoms with E-state index in [-0.39, 0.29) is 17.4 Å². The van der Waals surface area contributed by atoms with Crippen LogP contribution in [-0.2, 0) is 4.79 Å². The van der Waals surface area contributed by atoms with E-state index in [0.29, 0.717) is 6.42 Å². The van der Waals surface area contributed by atoms with Crippen LogP contribution in [0, 0.1) is 5.41 Å². The third kappa shape index (κ3) is 6.53. The van der Waals surface area contributed by atoms with E-state index >= 15 is 0 Å². The summed E-state index contributed by atoms with van der Waals surface area (Å²) in [7, 11) is 0. The van der Waals surface area contributed by atoms with Gasteiger partial charge in [-0.3, -0.25) is 4.79 Å². The quantitative estimate of drug-likeness (QED) is 0.457. The molecule has 27 heavy (non-hydrogen) atoms. The number of carbonyl (C=O) groups is 1. The van der Waals surface area contributed by atoms with E-state index in [9.17, 15) is 4.79 Å². The van der Waals surface area contributed by atoms with Crippen molar-refractivity contribution in [1.82, 2.24) is 0 Å². The second-order valence-corrected chi connectivity index (χ2v) is 8.76. The van der Waals surface area contributed by atoms with Gasteiger partial charge in [-0.05, 0) is 42.0 Å². The predicted octanol–water partition coefficient (Wildman–Crippen LogP) is 7.09. The first-order valence-electron chi connectivity index (χ1n) is 10.3. The Morgan fingerprint density at radius 3 is 2.26 bits per heavy atom. The average molecular weight is 366 g/mol. The molecule has 0 spiro atoms. The zero-order chi connectivity index (χ0) is 19.9. The van der Waals surface area contributed by atoms with Gasteiger partial charge in [0.05, 0.1) is 0 Å². The number of anilines is 1. The fourth-order valence-electron chi connectivity index (χ4n) is 3.47. The Morgan fingerprint density at radius 1 is 0.963 bits per heavy atom. The Kier molecular flexibility index (Phi) is 7.65. The van der Waals surface area contributed by atoms with E-state index in [0.717, 1.165) is 24.1 Å². The molecule has 2 heteroatoms. The number of benzene rings is 2. The molecule has 0 radical (unpaired) electrons. The highest BCUT2D eigenvalue weighted by Crippen LogP contribution is 2.29. The number of rotatable bonds is 8. The van der Waals surface area contributed by atoms with Crippen LogP contribution in [0.1, 0.15) is 66.7 Å². The van der Waals surface area contributed by atoms with Gasteiger partial charge in [0.2, 0.25) is 5.91 Å². The van der Waals surface area contributed by atoms with E-state index in [4.69, 9.17) is 0 Å². The van der Waals surface area contributed by atoms with E-state index in [2.05, 4.69) is 83.1 Å². The third-order valence-electron chi connectivity index (χ3n) is 4.85. The zero-order valence-corrected chi connectivity index (χ0v) is 17.7. The summed E-state index contributed by atoms with van der Waals surface area (Å²) < 4.78 is 0. The minimum absolute atomic E-state index is 0.0183. The summed E-state index contributed by atoms with van der Waals surface area (Å²) in [6.45, 7) is 10.8. The molecule has 0 aliphatic carbocycles. The van der Waals surface area contributed by atoms with Crippen molar-refractivity contribution in [2.75, 3.05) is 4.90 Å². The lowest BCUT2D eigenvalue weighted by atomic mass is 9.91. The highest BCUT2D eigenvalue weighted by molar-refractivity contribution is 5.95. The van der Waals surface area contributed by atoms with Crippen LogP contribution >= 0.6 is 0 Å². The Bertz CT molecular complexity index is 715. The number of unbranched alkanes of at least 4 members (excludes halogenated alkanes) is 2. The summed E-state index contributed by atoms with van der Waals surface area (Å²) in [4.78, 5) is 15.2. The predicted molar refractivity (Wildman–Crippen MR) is 117 cm³/mol. The minimum Gasteiger partial charge on any atom is -0.310 e. The van der Waals surface area contributed by atoms with Crippen LogP contribution in [0.25, 0.3) is 11.1 Å². The smallest absolute Gasteiger partial charge is 0.227 e. The van der Waals surface area contributed by atoms with Crippen LogP contribution in [0.3, 0.4) is 0 Å². The maximum Gasteiger partial charge on any atom is 0.227 e. The molecule has 2 nitrogen and oxygen atoms in total. The van der Waals surface area contributed by atoms with Crippen molar-refractivity contribution in [2.45, 2.75) is 72.8 Å². The van der Waals surface area contributed by atoms with E-state index in [1.807, 2.05) is 11.0 Å². The summed E-state index contributed by atoms with van der Waals surface area (Å²) in [6.07, 6.45) is 5.18. The van der Waals surface area contributed by atoms with Crippen LogP contribution in [0.15, 0.2) is 54.6 Å². The van der Waals surface area contributed by atoms with Crippen molar-refractivity contribution >= 4 is 11.6 Å². The number of carbonyl (C=O) groups excluding carboxylic acids is 1. The number of hydrogen-bond acceptors (Lipinski definition) is 1. The molecule has 1 atom stereocenters. The highest BCUT2D eigenvalue weighted by atomic mass is 16.2. The summed E-state index contributed by atoms with van der Waals surface area (Å²) in [5.41, 5.74) is 3.33. The second-order valence-electron chi connectivity index (χ2n) is 8.76. The molecule has 0 fully saturated rings. The summed E-state index contributed by atoms with van der Waals surface area (Å²) >= 11 is 0. The third-order valence-corrected chi connectivity index (χ3v) is 4.85. The molecule has 1 unspecified atom stereocenters. The molecule has 0 saturated heterocycles. The molecule has 0 heterocycles. The monoisotopic (exact) mass is 365 g/mol. The maximum atomic E-state index is 13.2. The fourth-order valence-corrected chi connectivity index (χ4v) is 3.47. The number of hydrogen-bond donors (Lipinski definition) is 0. The first-order valence-corrected chi connectivity index (χ1v) is 10.3. The SMILES string of the molecule is CCCCCC(C)N(C(=O)CC(C)(C)C)c1cccc(-c2ccccc2)c1. The van der Waals surface area contributed by atoms with Crippen molar-refractivity contribution in [2.24, 2.45) is 5.41 Å².